The van der Waals surface area contributed by atoms with Crippen LogP contribution in [-0.2, 0) is 11.3 Å². The lowest BCUT2D eigenvalue weighted by Crippen LogP contribution is -2.37. The van der Waals surface area contributed by atoms with Gasteiger partial charge in [-0.15, -0.1) is 0 Å². The average molecular weight is 311 g/mol. The molecule has 0 bridgehead atoms. The maximum Gasteiger partial charge on any atom is 0.231 e. The molecule has 1 saturated heterocycles. The van der Waals surface area contributed by atoms with Gasteiger partial charge in [-0.3, -0.25) is 0 Å². The molecule has 0 amide bonds. The van der Waals surface area contributed by atoms with Gasteiger partial charge in [0.15, 0.2) is 5.76 Å². The fourth-order valence-electron chi connectivity index (χ4n) is 1.99. The number of halogens is 1. The van der Waals surface area contributed by atoms with Crippen molar-refractivity contribution < 1.29 is 9.26 Å². The van der Waals surface area contributed by atoms with E-state index in [1.165, 1.54) is 0 Å². The van der Waals surface area contributed by atoms with Crippen molar-refractivity contribution in [2.75, 3.05) is 36.5 Å². The molecule has 21 heavy (non-hydrogen) atoms. The number of morpholine rings is 1. The number of rotatable bonds is 4. The SMILES string of the molecule is Cc1cc(CNc2nc(Cl)nc(N3CCOCC3)n2)on1. The van der Waals surface area contributed by atoms with Crippen LogP contribution in [0.2, 0.25) is 5.28 Å². The van der Waals surface area contributed by atoms with Crippen molar-refractivity contribution in [1.82, 2.24) is 20.1 Å². The van der Waals surface area contributed by atoms with E-state index in [1.807, 2.05) is 17.9 Å². The molecule has 2 aromatic heterocycles. The van der Waals surface area contributed by atoms with Gasteiger partial charge in [-0.1, -0.05) is 5.16 Å². The zero-order valence-electron chi connectivity index (χ0n) is 11.5. The highest BCUT2D eigenvalue weighted by Gasteiger charge is 2.16. The molecule has 1 fully saturated rings. The third-order valence-electron chi connectivity index (χ3n) is 2.99. The highest BCUT2D eigenvalue weighted by atomic mass is 35.5. The Bertz CT molecular complexity index is 614. The monoisotopic (exact) mass is 310 g/mol. The first-order valence-electron chi connectivity index (χ1n) is 6.61. The second-order valence-corrected chi connectivity index (χ2v) is 4.95. The molecule has 0 aliphatic carbocycles. The Kier molecular flexibility index (Phi) is 4.16. The first kappa shape index (κ1) is 14.0. The Morgan fingerprint density at radius 2 is 2.10 bits per heavy atom. The first-order chi connectivity index (χ1) is 10.2. The van der Waals surface area contributed by atoms with Crippen molar-refractivity contribution in [2.24, 2.45) is 0 Å². The summed E-state index contributed by atoms with van der Waals surface area (Å²) in [6.07, 6.45) is 0. The number of nitrogens with zero attached hydrogens (tertiary/aromatic N) is 5. The quantitative estimate of drug-likeness (QED) is 0.903. The summed E-state index contributed by atoms with van der Waals surface area (Å²) < 4.78 is 10.4. The van der Waals surface area contributed by atoms with Crippen molar-refractivity contribution in [3.8, 4) is 0 Å². The van der Waals surface area contributed by atoms with Crippen molar-refractivity contribution >= 4 is 23.5 Å². The molecule has 0 atom stereocenters. The molecule has 2 aromatic rings. The van der Waals surface area contributed by atoms with Crippen LogP contribution in [0.25, 0.3) is 0 Å². The minimum atomic E-state index is 0.155. The summed E-state index contributed by atoms with van der Waals surface area (Å²) in [5.41, 5.74) is 0.828. The lowest BCUT2D eigenvalue weighted by Gasteiger charge is -2.26. The molecule has 0 saturated carbocycles. The van der Waals surface area contributed by atoms with Crippen LogP contribution in [0.1, 0.15) is 11.5 Å². The summed E-state index contributed by atoms with van der Waals surface area (Å²) >= 11 is 5.96. The minimum absolute atomic E-state index is 0.155. The molecule has 0 radical (unpaired) electrons. The van der Waals surface area contributed by atoms with Gasteiger partial charge < -0.3 is 19.5 Å². The first-order valence-corrected chi connectivity index (χ1v) is 6.99. The maximum absolute atomic E-state index is 5.96. The van der Waals surface area contributed by atoms with Crippen LogP contribution in [0.15, 0.2) is 10.6 Å². The molecular weight excluding hydrogens is 296 g/mol. The standard InChI is InChI=1S/C12H15ClN6O2/c1-8-6-9(21-18-8)7-14-11-15-10(13)16-12(17-11)19-2-4-20-5-3-19/h6H,2-5,7H2,1H3,(H,14,15,16,17). The van der Waals surface area contributed by atoms with E-state index in [-0.39, 0.29) is 5.28 Å². The molecular formula is C12H15ClN6O2. The zero-order chi connectivity index (χ0) is 14.7. The largest absolute Gasteiger partial charge is 0.378 e. The highest BCUT2D eigenvalue weighted by Crippen LogP contribution is 2.15. The number of aryl methyl sites for hydroxylation is 1. The second-order valence-electron chi connectivity index (χ2n) is 4.62. The van der Waals surface area contributed by atoms with Gasteiger partial charge in [-0.05, 0) is 18.5 Å². The fourth-order valence-corrected chi connectivity index (χ4v) is 2.14. The van der Waals surface area contributed by atoms with E-state index < -0.39 is 0 Å². The van der Waals surface area contributed by atoms with Crippen molar-refractivity contribution in [2.45, 2.75) is 13.5 Å². The number of nitrogens with one attached hydrogen (secondary N) is 1. The third-order valence-corrected chi connectivity index (χ3v) is 3.16. The van der Waals surface area contributed by atoms with Gasteiger partial charge in [0, 0.05) is 19.2 Å². The highest BCUT2D eigenvalue weighted by molar-refractivity contribution is 6.28. The number of ether oxygens (including phenoxy) is 1. The van der Waals surface area contributed by atoms with E-state index in [0.717, 1.165) is 18.8 Å². The zero-order valence-corrected chi connectivity index (χ0v) is 12.3. The van der Waals surface area contributed by atoms with E-state index in [4.69, 9.17) is 20.9 Å². The van der Waals surface area contributed by atoms with Gasteiger partial charge in [0.25, 0.3) is 0 Å². The summed E-state index contributed by atoms with van der Waals surface area (Å²) in [6, 6.07) is 1.85. The number of anilines is 2. The number of aromatic nitrogens is 4. The van der Waals surface area contributed by atoms with E-state index in [9.17, 15) is 0 Å². The van der Waals surface area contributed by atoms with Crippen molar-refractivity contribution in [1.29, 1.82) is 0 Å². The van der Waals surface area contributed by atoms with Gasteiger partial charge in [0.05, 0.1) is 25.5 Å². The third kappa shape index (κ3) is 3.59. The average Bonchev–Trinajstić information content (AvgIpc) is 2.91. The molecule has 9 heteroatoms. The molecule has 8 nitrogen and oxygen atoms in total. The van der Waals surface area contributed by atoms with E-state index in [1.54, 1.807) is 0 Å². The topological polar surface area (TPSA) is 89.2 Å². The molecule has 1 N–H and O–H groups in total. The van der Waals surface area contributed by atoms with E-state index in [0.29, 0.717) is 37.4 Å². The van der Waals surface area contributed by atoms with Crippen LogP contribution >= 0.6 is 11.6 Å². The van der Waals surface area contributed by atoms with Gasteiger partial charge >= 0.3 is 0 Å². The lowest BCUT2D eigenvalue weighted by atomic mass is 10.4. The summed E-state index contributed by atoms with van der Waals surface area (Å²) in [4.78, 5) is 14.6. The molecule has 112 valence electrons. The summed E-state index contributed by atoms with van der Waals surface area (Å²) in [6.45, 7) is 5.09. The Morgan fingerprint density at radius 1 is 1.29 bits per heavy atom. The van der Waals surface area contributed by atoms with Crippen molar-refractivity contribution in [3.63, 3.8) is 0 Å². The van der Waals surface area contributed by atoms with Crippen LogP contribution in [0.4, 0.5) is 11.9 Å². The molecule has 3 rings (SSSR count). The van der Waals surface area contributed by atoms with Gasteiger partial charge in [0.1, 0.15) is 0 Å². The maximum atomic E-state index is 5.96. The van der Waals surface area contributed by atoms with Crippen LogP contribution in [0, 0.1) is 6.92 Å². The van der Waals surface area contributed by atoms with Crippen molar-refractivity contribution in [3.05, 3.63) is 22.8 Å². The predicted molar refractivity (Wildman–Crippen MR) is 76.4 cm³/mol. The Hall–Kier alpha value is -1.93. The lowest BCUT2D eigenvalue weighted by molar-refractivity contribution is 0.122. The van der Waals surface area contributed by atoms with Gasteiger partial charge in [-0.25, -0.2) is 0 Å². The molecule has 0 spiro atoms. The molecule has 0 unspecified atom stereocenters. The normalized spacial score (nSPS) is 15.2. The van der Waals surface area contributed by atoms with Gasteiger partial charge in [-0.2, -0.15) is 15.0 Å². The van der Waals surface area contributed by atoms with E-state index >= 15 is 0 Å². The second kappa shape index (κ2) is 6.23. The van der Waals surface area contributed by atoms with Gasteiger partial charge in [0.2, 0.25) is 17.2 Å². The predicted octanol–water partition coefficient (Wildman–Crippen LogP) is 1.27. The molecule has 3 heterocycles. The van der Waals surface area contributed by atoms with Crippen LogP contribution in [-0.4, -0.2) is 46.4 Å². The van der Waals surface area contributed by atoms with Crippen LogP contribution in [0.5, 0.6) is 0 Å². The molecule has 1 aliphatic heterocycles. The molecule has 1 aliphatic rings. The Balaban J connectivity index is 1.71. The summed E-state index contributed by atoms with van der Waals surface area (Å²) in [7, 11) is 0. The van der Waals surface area contributed by atoms with E-state index in [2.05, 4.69) is 25.4 Å². The van der Waals surface area contributed by atoms with Crippen LogP contribution < -0.4 is 10.2 Å². The Morgan fingerprint density at radius 3 is 2.81 bits per heavy atom. The fraction of sp³-hybridized carbons (Fsp3) is 0.500. The summed E-state index contributed by atoms with van der Waals surface area (Å²) in [5, 5.41) is 7.03. The summed E-state index contributed by atoms with van der Waals surface area (Å²) in [5.74, 6) is 1.66. The number of hydrogen-bond acceptors (Lipinski definition) is 8. The van der Waals surface area contributed by atoms with Crippen LogP contribution in [0.3, 0.4) is 0 Å². The minimum Gasteiger partial charge on any atom is -0.378 e. The Labute approximate surface area is 126 Å². The molecule has 0 aromatic carbocycles. The number of hydrogen-bond donors (Lipinski definition) is 1. The smallest absolute Gasteiger partial charge is 0.231 e.